The highest BCUT2D eigenvalue weighted by atomic mass is 19.4. The molecule has 3 aromatic carbocycles. The van der Waals surface area contributed by atoms with Gasteiger partial charge in [0.15, 0.2) is 11.5 Å². The van der Waals surface area contributed by atoms with Gasteiger partial charge >= 0.3 is 6.36 Å². The molecule has 3 aromatic rings. The SMILES string of the molecule is COc1cc(C(=O)Nc2ccc(OC(F)(F)F)cc2)cc(OC)c1OCc1ccccc1. The average molecular weight is 447 g/mol. The van der Waals surface area contributed by atoms with E-state index in [0.29, 0.717) is 17.2 Å². The first-order chi connectivity index (χ1) is 15.3. The molecular formula is C23H20F3NO5. The van der Waals surface area contributed by atoms with Gasteiger partial charge in [-0.1, -0.05) is 30.3 Å². The lowest BCUT2D eigenvalue weighted by Crippen LogP contribution is -2.17. The summed E-state index contributed by atoms with van der Waals surface area (Å²) in [6, 6.07) is 17.3. The van der Waals surface area contributed by atoms with Crippen molar-refractivity contribution in [2.24, 2.45) is 0 Å². The Labute approximate surface area is 182 Å². The number of nitrogens with one attached hydrogen (secondary N) is 1. The van der Waals surface area contributed by atoms with E-state index < -0.39 is 18.0 Å². The Balaban J connectivity index is 1.76. The molecule has 168 valence electrons. The quantitative estimate of drug-likeness (QED) is 0.499. The van der Waals surface area contributed by atoms with Crippen molar-refractivity contribution < 1.29 is 36.9 Å². The lowest BCUT2D eigenvalue weighted by Gasteiger charge is -2.16. The third-order valence-corrected chi connectivity index (χ3v) is 4.29. The van der Waals surface area contributed by atoms with Crippen LogP contribution in [0.25, 0.3) is 0 Å². The molecule has 0 heterocycles. The Hall–Kier alpha value is -3.88. The van der Waals surface area contributed by atoms with Crippen LogP contribution < -0.4 is 24.3 Å². The number of halogens is 3. The normalized spacial score (nSPS) is 10.9. The van der Waals surface area contributed by atoms with Crippen molar-refractivity contribution in [1.82, 2.24) is 0 Å². The molecule has 6 nitrogen and oxygen atoms in total. The van der Waals surface area contributed by atoms with Crippen molar-refractivity contribution in [3.8, 4) is 23.0 Å². The van der Waals surface area contributed by atoms with Gasteiger partial charge in [-0.25, -0.2) is 0 Å². The summed E-state index contributed by atoms with van der Waals surface area (Å²) in [5, 5.41) is 2.60. The summed E-state index contributed by atoms with van der Waals surface area (Å²) >= 11 is 0. The van der Waals surface area contributed by atoms with Gasteiger partial charge in [0.25, 0.3) is 5.91 Å². The highest BCUT2D eigenvalue weighted by Gasteiger charge is 2.31. The van der Waals surface area contributed by atoms with Gasteiger partial charge in [0.2, 0.25) is 5.75 Å². The summed E-state index contributed by atoms with van der Waals surface area (Å²) in [5.74, 6) is 0.0159. The third-order valence-electron chi connectivity index (χ3n) is 4.29. The maximum Gasteiger partial charge on any atom is 0.573 e. The lowest BCUT2D eigenvalue weighted by atomic mass is 10.1. The molecule has 0 aliphatic heterocycles. The number of carbonyl (C=O) groups is 1. The number of rotatable bonds is 8. The van der Waals surface area contributed by atoms with Crippen molar-refractivity contribution in [1.29, 1.82) is 0 Å². The van der Waals surface area contributed by atoms with E-state index in [-0.39, 0.29) is 17.9 Å². The van der Waals surface area contributed by atoms with Crippen LogP contribution in [0.15, 0.2) is 66.7 Å². The Morgan fingerprint density at radius 3 is 2.03 bits per heavy atom. The predicted molar refractivity (Wildman–Crippen MR) is 111 cm³/mol. The zero-order chi connectivity index (χ0) is 23.1. The third kappa shape index (κ3) is 6.07. The minimum atomic E-state index is -4.79. The van der Waals surface area contributed by atoms with Crippen LogP contribution in [0.5, 0.6) is 23.0 Å². The van der Waals surface area contributed by atoms with Crippen molar-refractivity contribution in [2.75, 3.05) is 19.5 Å². The fourth-order valence-corrected chi connectivity index (χ4v) is 2.83. The summed E-state index contributed by atoms with van der Waals surface area (Å²) in [6.45, 7) is 0.269. The minimum Gasteiger partial charge on any atom is -0.493 e. The summed E-state index contributed by atoms with van der Waals surface area (Å²) in [5.41, 5.74) is 1.43. The second-order valence-corrected chi connectivity index (χ2v) is 6.51. The van der Waals surface area contributed by atoms with Gasteiger partial charge in [-0.15, -0.1) is 13.2 Å². The molecule has 0 fully saturated rings. The van der Waals surface area contributed by atoms with Gasteiger partial charge in [-0.2, -0.15) is 0 Å². The van der Waals surface area contributed by atoms with E-state index in [1.807, 2.05) is 30.3 Å². The molecule has 0 saturated heterocycles. The van der Waals surface area contributed by atoms with Gasteiger partial charge in [0, 0.05) is 11.3 Å². The van der Waals surface area contributed by atoms with Crippen LogP contribution >= 0.6 is 0 Å². The van der Waals surface area contributed by atoms with Gasteiger partial charge < -0.3 is 24.3 Å². The van der Waals surface area contributed by atoms with E-state index >= 15 is 0 Å². The average Bonchev–Trinajstić information content (AvgIpc) is 2.78. The molecule has 32 heavy (non-hydrogen) atoms. The maximum absolute atomic E-state index is 12.7. The van der Waals surface area contributed by atoms with Gasteiger partial charge in [0.1, 0.15) is 12.4 Å². The van der Waals surface area contributed by atoms with Crippen LogP contribution in [-0.2, 0) is 6.61 Å². The van der Waals surface area contributed by atoms with Crippen molar-refractivity contribution in [3.05, 3.63) is 77.9 Å². The summed E-state index contributed by atoms with van der Waals surface area (Å²) < 4.78 is 57.2. The fraction of sp³-hybridized carbons (Fsp3) is 0.174. The number of alkyl halides is 3. The second kappa shape index (κ2) is 9.95. The van der Waals surface area contributed by atoms with Crippen LogP contribution in [0.3, 0.4) is 0 Å². The topological polar surface area (TPSA) is 66.0 Å². The molecular weight excluding hydrogens is 427 g/mol. The molecule has 0 aliphatic rings. The molecule has 1 N–H and O–H groups in total. The monoisotopic (exact) mass is 447 g/mol. The standard InChI is InChI=1S/C23H20F3NO5/c1-29-19-12-16(13-20(30-2)21(19)31-14-15-6-4-3-5-7-15)22(28)27-17-8-10-18(11-9-17)32-23(24,25)26/h3-13H,14H2,1-2H3,(H,27,28). The summed E-state index contributed by atoms with van der Waals surface area (Å²) in [7, 11) is 2.87. The van der Waals surface area contributed by atoms with E-state index in [1.54, 1.807) is 0 Å². The molecule has 0 atom stereocenters. The van der Waals surface area contributed by atoms with Crippen LogP contribution in [0.2, 0.25) is 0 Å². The molecule has 1 amide bonds. The van der Waals surface area contributed by atoms with Gasteiger partial charge in [-0.3, -0.25) is 4.79 Å². The minimum absolute atomic E-state index is 0.210. The molecule has 0 radical (unpaired) electrons. The van der Waals surface area contributed by atoms with Crippen molar-refractivity contribution in [3.63, 3.8) is 0 Å². The number of amides is 1. The summed E-state index contributed by atoms with van der Waals surface area (Å²) in [4.78, 5) is 12.7. The molecule has 0 unspecified atom stereocenters. The number of hydrogen-bond acceptors (Lipinski definition) is 5. The number of benzene rings is 3. The molecule has 3 rings (SSSR count). The maximum atomic E-state index is 12.7. The van der Waals surface area contributed by atoms with E-state index in [0.717, 1.165) is 17.7 Å². The predicted octanol–water partition coefficient (Wildman–Crippen LogP) is 5.43. The van der Waals surface area contributed by atoms with Gasteiger partial charge in [-0.05, 0) is 42.0 Å². The Morgan fingerprint density at radius 1 is 0.906 bits per heavy atom. The molecule has 0 saturated carbocycles. The number of carbonyl (C=O) groups excluding carboxylic acids is 1. The number of hydrogen-bond donors (Lipinski definition) is 1. The van der Waals surface area contributed by atoms with E-state index in [1.165, 1.54) is 38.5 Å². The van der Waals surface area contributed by atoms with E-state index in [9.17, 15) is 18.0 Å². The van der Waals surface area contributed by atoms with E-state index in [4.69, 9.17) is 14.2 Å². The zero-order valence-electron chi connectivity index (χ0n) is 17.2. The molecule has 0 bridgehead atoms. The molecule has 9 heteroatoms. The first-order valence-corrected chi connectivity index (χ1v) is 9.39. The number of ether oxygens (including phenoxy) is 4. The lowest BCUT2D eigenvalue weighted by molar-refractivity contribution is -0.274. The number of anilines is 1. The van der Waals surface area contributed by atoms with Crippen molar-refractivity contribution in [2.45, 2.75) is 13.0 Å². The van der Waals surface area contributed by atoms with Crippen LogP contribution in [0, 0.1) is 0 Å². The molecule has 0 aliphatic carbocycles. The highest BCUT2D eigenvalue weighted by Crippen LogP contribution is 2.39. The van der Waals surface area contributed by atoms with Gasteiger partial charge in [0.05, 0.1) is 14.2 Å². The first-order valence-electron chi connectivity index (χ1n) is 9.39. The molecule has 0 spiro atoms. The fourth-order valence-electron chi connectivity index (χ4n) is 2.83. The van der Waals surface area contributed by atoms with Crippen LogP contribution in [0.4, 0.5) is 18.9 Å². The first kappa shape index (κ1) is 22.8. The Kier molecular flexibility index (Phi) is 7.09. The highest BCUT2D eigenvalue weighted by molar-refractivity contribution is 6.05. The van der Waals surface area contributed by atoms with Crippen LogP contribution in [0.1, 0.15) is 15.9 Å². The second-order valence-electron chi connectivity index (χ2n) is 6.51. The van der Waals surface area contributed by atoms with Crippen molar-refractivity contribution >= 4 is 11.6 Å². The number of methoxy groups -OCH3 is 2. The molecule has 0 aromatic heterocycles. The summed E-state index contributed by atoms with van der Waals surface area (Å²) in [6.07, 6.45) is -4.79. The largest absolute Gasteiger partial charge is 0.573 e. The smallest absolute Gasteiger partial charge is 0.493 e. The Bertz CT molecular complexity index is 1030. The van der Waals surface area contributed by atoms with Crippen LogP contribution in [-0.4, -0.2) is 26.5 Å². The van der Waals surface area contributed by atoms with E-state index in [2.05, 4.69) is 10.1 Å². The zero-order valence-corrected chi connectivity index (χ0v) is 17.2. The Morgan fingerprint density at radius 2 is 1.50 bits per heavy atom.